The summed E-state index contributed by atoms with van der Waals surface area (Å²) in [4.78, 5) is 19.0. The Morgan fingerprint density at radius 3 is 2.09 bits per heavy atom. The summed E-state index contributed by atoms with van der Waals surface area (Å²) in [6.45, 7) is 9.04. The van der Waals surface area contributed by atoms with Crippen molar-refractivity contribution in [1.29, 1.82) is 0 Å². The van der Waals surface area contributed by atoms with Crippen LogP contribution in [0.4, 0.5) is 0 Å². The average molecular weight is 439 g/mol. The van der Waals surface area contributed by atoms with Gasteiger partial charge in [0, 0.05) is 12.6 Å². The lowest BCUT2D eigenvalue weighted by Crippen LogP contribution is -2.29. The number of amides is 1. The maximum Gasteiger partial charge on any atom is 0.254 e. The molecule has 1 aromatic heterocycles. The normalized spacial score (nSPS) is 11.7. The molecule has 0 N–H and O–H groups in total. The quantitative estimate of drug-likeness (QED) is 0.470. The predicted molar refractivity (Wildman–Crippen MR) is 122 cm³/mol. The molecule has 3 rings (SSSR count). The van der Waals surface area contributed by atoms with E-state index < -0.39 is 0 Å². The van der Waals surface area contributed by atoms with Gasteiger partial charge in [-0.05, 0) is 57.5 Å². The summed E-state index contributed by atoms with van der Waals surface area (Å²) in [5, 5.41) is 4.14. The lowest BCUT2D eigenvalue weighted by molar-refractivity contribution is 0.0741. The van der Waals surface area contributed by atoms with Crippen LogP contribution in [-0.2, 0) is 0 Å². The highest BCUT2D eigenvalue weighted by Crippen LogP contribution is 2.39. The van der Waals surface area contributed by atoms with E-state index in [0.29, 0.717) is 42.6 Å². The van der Waals surface area contributed by atoms with Crippen LogP contribution in [0.15, 0.2) is 49.1 Å². The van der Waals surface area contributed by atoms with Crippen LogP contribution in [0.1, 0.15) is 49.7 Å². The maximum absolute atomic E-state index is 13.3. The first-order chi connectivity index (χ1) is 15.5. The molecule has 3 aromatic rings. The minimum atomic E-state index is -0.148. The van der Waals surface area contributed by atoms with E-state index in [9.17, 15) is 4.79 Å². The van der Waals surface area contributed by atoms with Crippen molar-refractivity contribution in [2.45, 2.75) is 33.7 Å². The molecule has 0 fully saturated rings. The van der Waals surface area contributed by atoms with Gasteiger partial charge in [0.05, 0.1) is 31.5 Å². The second-order valence-corrected chi connectivity index (χ2v) is 7.12. The molecule has 8 heteroatoms. The molecule has 2 aromatic carbocycles. The van der Waals surface area contributed by atoms with E-state index in [1.54, 1.807) is 35.1 Å². The van der Waals surface area contributed by atoms with Gasteiger partial charge in [-0.2, -0.15) is 5.10 Å². The Balaban J connectivity index is 1.86. The lowest BCUT2D eigenvalue weighted by atomic mass is 10.1. The molecular weight excluding hydrogens is 408 g/mol. The standard InChI is InChI=1S/C24H30N4O4/c1-6-30-21-13-19(14-22(31-7-2)23(21)32-8-3)24(29)27(5)17(4)18-9-11-20(12-10-18)28-16-25-15-26-28/h9-17H,6-8H2,1-5H3. The van der Waals surface area contributed by atoms with E-state index in [1.165, 1.54) is 6.33 Å². The molecule has 1 amide bonds. The zero-order chi connectivity index (χ0) is 23.1. The van der Waals surface area contributed by atoms with Crippen LogP contribution in [-0.4, -0.2) is 52.4 Å². The Kier molecular flexibility index (Phi) is 7.70. The second-order valence-electron chi connectivity index (χ2n) is 7.12. The van der Waals surface area contributed by atoms with E-state index in [2.05, 4.69) is 10.1 Å². The zero-order valence-electron chi connectivity index (χ0n) is 19.2. The van der Waals surface area contributed by atoms with Gasteiger partial charge in [-0.1, -0.05) is 12.1 Å². The van der Waals surface area contributed by atoms with Crippen LogP contribution in [0.5, 0.6) is 17.2 Å². The molecule has 0 aliphatic carbocycles. The molecule has 1 heterocycles. The van der Waals surface area contributed by atoms with Gasteiger partial charge < -0.3 is 19.1 Å². The highest BCUT2D eigenvalue weighted by molar-refractivity contribution is 5.95. The molecule has 0 saturated carbocycles. The third-order valence-electron chi connectivity index (χ3n) is 5.12. The summed E-state index contributed by atoms with van der Waals surface area (Å²) in [5.74, 6) is 1.39. The van der Waals surface area contributed by atoms with Crippen LogP contribution in [0.25, 0.3) is 5.69 Å². The van der Waals surface area contributed by atoms with Gasteiger partial charge in [-0.3, -0.25) is 4.79 Å². The topological polar surface area (TPSA) is 78.7 Å². The summed E-state index contributed by atoms with van der Waals surface area (Å²) in [5.41, 5.74) is 2.39. The Bertz CT molecular complexity index is 992. The summed E-state index contributed by atoms with van der Waals surface area (Å²) in [6.07, 6.45) is 3.14. The monoisotopic (exact) mass is 438 g/mol. The van der Waals surface area contributed by atoms with Crippen LogP contribution < -0.4 is 14.2 Å². The van der Waals surface area contributed by atoms with Crippen molar-refractivity contribution in [3.05, 3.63) is 60.2 Å². The zero-order valence-corrected chi connectivity index (χ0v) is 19.2. The predicted octanol–water partition coefficient (Wildman–Crippen LogP) is 4.30. The number of rotatable bonds is 10. The van der Waals surface area contributed by atoms with Crippen molar-refractivity contribution in [3.8, 4) is 22.9 Å². The number of aromatic nitrogens is 3. The largest absolute Gasteiger partial charge is 0.490 e. The van der Waals surface area contributed by atoms with Gasteiger partial charge in [0.15, 0.2) is 11.5 Å². The molecule has 0 aliphatic rings. The molecule has 0 spiro atoms. The van der Waals surface area contributed by atoms with E-state index in [1.807, 2.05) is 52.0 Å². The van der Waals surface area contributed by atoms with Crippen LogP contribution in [0, 0.1) is 0 Å². The number of hydrogen-bond donors (Lipinski definition) is 0. The smallest absolute Gasteiger partial charge is 0.254 e. The number of benzene rings is 2. The van der Waals surface area contributed by atoms with Crippen molar-refractivity contribution < 1.29 is 19.0 Å². The van der Waals surface area contributed by atoms with Crippen LogP contribution in [0.2, 0.25) is 0 Å². The lowest BCUT2D eigenvalue weighted by Gasteiger charge is -2.26. The van der Waals surface area contributed by atoms with E-state index in [4.69, 9.17) is 14.2 Å². The molecule has 1 unspecified atom stereocenters. The molecule has 1 atom stereocenters. The number of hydrogen-bond acceptors (Lipinski definition) is 6. The van der Waals surface area contributed by atoms with E-state index in [-0.39, 0.29) is 11.9 Å². The van der Waals surface area contributed by atoms with E-state index >= 15 is 0 Å². The second kappa shape index (κ2) is 10.7. The van der Waals surface area contributed by atoms with Crippen molar-refractivity contribution in [1.82, 2.24) is 19.7 Å². The van der Waals surface area contributed by atoms with Gasteiger partial charge in [0.25, 0.3) is 5.91 Å². The third-order valence-corrected chi connectivity index (χ3v) is 5.12. The first-order valence-electron chi connectivity index (χ1n) is 10.8. The Hall–Kier alpha value is -3.55. The molecule has 0 radical (unpaired) electrons. The molecule has 0 saturated heterocycles. The minimum Gasteiger partial charge on any atom is -0.490 e. The number of carbonyl (C=O) groups is 1. The number of nitrogens with zero attached hydrogens (tertiary/aromatic N) is 4. The van der Waals surface area contributed by atoms with Crippen LogP contribution in [0.3, 0.4) is 0 Å². The fourth-order valence-electron chi connectivity index (χ4n) is 3.36. The first kappa shape index (κ1) is 23.1. The fraction of sp³-hybridized carbons (Fsp3) is 0.375. The summed E-state index contributed by atoms with van der Waals surface area (Å²) >= 11 is 0. The highest BCUT2D eigenvalue weighted by Gasteiger charge is 2.23. The van der Waals surface area contributed by atoms with Gasteiger partial charge in [-0.25, -0.2) is 9.67 Å². The minimum absolute atomic E-state index is 0.136. The molecule has 32 heavy (non-hydrogen) atoms. The fourth-order valence-corrected chi connectivity index (χ4v) is 3.36. The van der Waals surface area contributed by atoms with Gasteiger partial charge in [0.2, 0.25) is 5.75 Å². The summed E-state index contributed by atoms with van der Waals surface area (Å²) < 4.78 is 18.9. The van der Waals surface area contributed by atoms with Gasteiger partial charge in [-0.15, -0.1) is 0 Å². The van der Waals surface area contributed by atoms with E-state index in [0.717, 1.165) is 11.3 Å². The summed E-state index contributed by atoms with van der Waals surface area (Å²) in [6, 6.07) is 11.2. The molecule has 0 aliphatic heterocycles. The Morgan fingerprint density at radius 1 is 1.00 bits per heavy atom. The number of carbonyl (C=O) groups excluding carboxylic acids is 1. The SMILES string of the molecule is CCOc1cc(C(=O)N(C)C(C)c2ccc(-n3cncn3)cc2)cc(OCC)c1OCC. The molecular formula is C24H30N4O4. The van der Waals surface area contributed by atoms with Crippen molar-refractivity contribution >= 4 is 5.91 Å². The first-order valence-corrected chi connectivity index (χ1v) is 10.8. The van der Waals surface area contributed by atoms with Crippen molar-refractivity contribution in [3.63, 3.8) is 0 Å². The number of ether oxygens (including phenoxy) is 3. The molecule has 0 bridgehead atoms. The van der Waals surface area contributed by atoms with Crippen molar-refractivity contribution in [2.75, 3.05) is 26.9 Å². The van der Waals surface area contributed by atoms with Gasteiger partial charge in [0.1, 0.15) is 12.7 Å². The maximum atomic E-state index is 13.3. The Morgan fingerprint density at radius 2 is 1.59 bits per heavy atom. The Labute approximate surface area is 188 Å². The van der Waals surface area contributed by atoms with Crippen molar-refractivity contribution in [2.24, 2.45) is 0 Å². The molecule has 170 valence electrons. The summed E-state index contributed by atoms with van der Waals surface area (Å²) in [7, 11) is 1.79. The third kappa shape index (κ3) is 5.01. The highest BCUT2D eigenvalue weighted by atomic mass is 16.5. The average Bonchev–Trinajstić information content (AvgIpc) is 3.35. The van der Waals surface area contributed by atoms with Crippen LogP contribution >= 0.6 is 0 Å². The van der Waals surface area contributed by atoms with Gasteiger partial charge >= 0.3 is 0 Å². The molecule has 8 nitrogen and oxygen atoms in total.